The van der Waals surface area contributed by atoms with Crippen molar-refractivity contribution in [2.45, 2.75) is 20.3 Å². The Bertz CT molecular complexity index is 448. The van der Waals surface area contributed by atoms with Gasteiger partial charge < -0.3 is 4.90 Å². The number of hydrogen-bond donors (Lipinski definition) is 0. The van der Waals surface area contributed by atoms with Crippen LogP contribution in [-0.4, -0.2) is 13.1 Å². The van der Waals surface area contributed by atoms with Gasteiger partial charge in [-0.1, -0.05) is 29.8 Å². The van der Waals surface area contributed by atoms with E-state index in [1.165, 1.54) is 12.1 Å². The third kappa shape index (κ3) is 2.81. The first kappa shape index (κ1) is 12.4. The fraction of sp³-hybridized carbons (Fsp3) is 0.500. The molecule has 2 rings (SSSR count). The zero-order valence-corrected chi connectivity index (χ0v) is 11.9. The standard InChI is InChI=1S/C14H17BrN2/c1-10(2)12-3-4-17(9-12)14-6-11(8-16)5-13(15)7-14/h5-7,10,12H,3-4,9H2,1-2H3. The van der Waals surface area contributed by atoms with Crippen molar-refractivity contribution < 1.29 is 0 Å². The van der Waals surface area contributed by atoms with Crippen LogP contribution in [0.15, 0.2) is 22.7 Å². The second kappa shape index (κ2) is 5.10. The Morgan fingerprint density at radius 1 is 1.41 bits per heavy atom. The Morgan fingerprint density at radius 3 is 2.76 bits per heavy atom. The first-order chi connectivity index (χ1) is 8.10. The monoisotopic (exact) mass is 292 g/mol. The maximum atomic E-state index is 8.98. The van der Waals surface area contributed by atoms with Crippen LogP contribution in [0.2, 0.25) is 0 Å². The molecule has 1 aromatic rings. The normalized spacial score (nSPS) is 19.7. The van der Waals surface area contributed by atoms with E-state index in [1.54, 1.807) is 0 Å². The van der Waals surface area contributed by atoms with E-state index in [-0.39, 0.29) is 0 Å². The number of anilines is 1. The molecule has 0 radical (unpaired) electrons. The molecule has 0 bridgehead atoms. The zero-order chi connectivity index (χ0) is 12.4. The summed E-state index contributed by atoms with van der Waals surface area (Å²) in [4.78, 5) is 2.39. The summed E-state index contributed by atoms with van der Waals surface area (Å²) in [5, 5.41) is 8.98. The summed E-state index contributed by atoms with van der Waals surface area (Å²) in [6.45, 7) is 6.79. The summed E-state index contributed by atoms with van der Waals surface area (Å²) in [5.74, 6) is 1.52. The van der Waals surface area contributed by atoms with Crippen molar-refractivity contribution in [1.82, 2.24) is 0 Å². The number of rotatable bonds is 2. The summed E-state index contributed by atoms with van der Waals surface area (Å²) >= 11 is 3.47. The van der Waals surface area contributed by atoms with Crippen LogP contribution in [0.25, 0.3) is 0 Å². The Hall–Kier alpha value is -1.01. The van der Waals surface area contributed by atoms with Gasteiger partial charge in [-0.3, -0.25) is 0 Å². The molecule has 1 fully saturated rings. The predicted molar refractivity (Wildman–Crippen MR) is 74.0 cm³/mol. The summed E-state index contributed by atoms with van der Waals surface area (Å²) in [6, 6.07) is 8.15. The van der Waals surface area contributed by atoms with Crippen molar-refractivity contribution in [3.63, 3.8) is 0 Å². The highest BCUT2D eigenvalue weighted by atomic mass is 79.9. The van der Waals surface area contributed by atoms with Gasteiger partial charge in [0.15, 0.2) is 0 Å². The lowest BCUT2D eigenvalue weighted by Gasteiger charge is -2.20. The van der Waals surface area contributed by atoms with Crippen LogP contribution in [0.3, 0.4) is 0 Å². The van der Waals surface area contributed by atoms with E-state index in [0.29, 0.717) is 0 Å². The molecule has 1 aliphatic rings. The van der Waals surface area contributed by atoms with Crippen LogP contribution in [0.5, 0.6) is 0 Å². The van der Waals surface area contributed by atoms with Gasteiger partial charge in [0.25, 0.3) is 0 Å². The molecule has 90 valence electrons. The van der Waals surface area contributed by atoms with Gasteiger partial charge >= 0.3 is 0 Å². The first-order valence-electron chi connectivity index (χ1n) is 6.06. The van der Waals surface area contributed by atoms with Crippen LogP contribution in [0.1, 0.15) is 25.8 Å². The maximum Gasteiger partial charge on any atom is 0.0992 e. The predicted octanol–water partition coefficient (Wildman–Crippen LogP) is 3.80. The Balaban J connectivity index is 2.19. The van der Waals surface area contributed by atoms with E-state index in [0.717, 1.165) is 35.0 Å². The SMILES string of the molecule is CC(C)C1CCN(c2cc(Br)cc(C#N)c2)C1. The number of nitrogens with zero attached hydrogens (tertiary/aromatic N) is 2. The van der Waals surface area contributed by atoms with Gasteiger partial charge in [-0.2, -0.15) is 5.26 Å². The molecule has 1 aliphatic heterocycles. The van der Waals surface area contributed by atoms with Gasteiger partial charge in [0.2, 0.25) is 0 Å². The fourth-order valence-electron chi connectivity index (χ4n) is 2.39. The highest BCUT2D eigenvalue weighted by Gasteiger charge is 2.25. The molecule has 17 heavy (non-hydrogen) atoms. The van der Waals surface area contributed by atoms with Crippen molar-refractivity contribution in [2.24, 2.45) is 11.8 Å². The van der Waals surface area contributed by atoms with Gasteiger partial charge in [-0.15, -0.1) is 0 Å². The highest BCUT2D eigenvalue weighted by Crippen LogP contribution is 2.30. The van der Waals surface area contributed by atoms with E-state index in [2.05, 4.69) is 46.8 Å². The highest BCUT2D eigenvalue weighted by molar-refractivity contribution is 9.10. The smallest absolute Gasteiger partial charge is 0.0992 e. The molecule has 0 N–H and O–H groups in total. The third-order valence-corrected chi connectivity index (χ3v) is 4.00. The van der Waals surface area contributed by atoms with Crippen molar-refractivity contribution in [1.29, 1.82) is 5.26 Å². The molecule has 0 spiro atoms. The van der Waals surface area contributed by atoms with Gasteiger partial charge in [-0.25, -0.2) is 0 Å². The molecule has 2 nitrogen and oxygen atoms in total. The van der Waals surface area contributed by atoms with Crippen LogP contribution >= 0.6 is 15.9 Å². The summed E-state index contributed by atoms with van der Waals surface area (Å²) in [5.41, 5.74) is 1.89. The quantitative estimate of drug-likeness (QED) is 0.829. The number of benzene rings is 1. The topological polar surface area (TPSA) is 27.0 Å². The molecule has 0 aliphatic carbocycles. The largest absolute Gasteiger partial charge is 0.371 e. The summed E-state index contributed by atoms with van der Waals surface area (Å²) in [7, 11) is 0. The van der Waals surface area contributed by atoms with E-state index in [4.69, 9.17) is 5.26 Å². The molecule has 0 saturated carbocycles. The first-order valence-corrected chi connectivity index (χ1v) is 6.85. The minimum atomic E-state index is 0.724. The van der Waals surface area contributed by atoms with Crippen molar-refractivity contribution in [3.8, 4) is 6.07 Å². The molecule has 0 amide bonds. The van der Waals surface area contributed by atoms with Crippen molar-refractivity contribution >= 4 is 21.6 Å². The average Bonchev–Trinajstić information content (AvgIpc) is 2.77. The molecule has 1 heterocycles. The number of nitriles is 1. The summed E-state index contributed by atoms with van der Waals surface area (Å²) < 4.78 is 0.986. The van der Waals surface area contributed by atoms with Crippen LogP contribution in [0.4, 0.5) is 5.69 Å². The van der Waals surface area contributed by atoms with E-state index in [9.17, 15) is 0 Å². The Morgan fingerprint density at radius 2 is 2.18 bits per heavy atom. The van der Waals surface area contributed by atoms with Gasteiger partial charge in [0.1, 0.15) is 0 Å². The van der Waals surface area contributed by atoms with Gasteiger partial charge in [0.05, 0.1) is 11.6 Å². The molecule has 0 aromatic heterocycles. The lowest BCUT2D eigenvalue weighted by molar-refractivity contribution is 0.423. The molecule has 1 aromatic carbocycles. The van der Waals surface area contributed by atoms with Crippen molar-refractivity contribution in [2.75, 3.05) is 18.0 Å². The van der Waals surface area contributed by atoms with Crippen LogP contribution < -0.4 is 4.90 Å². The minimum Gasteiger partial charge on any atom is -0.371 e. The van der Waals surface area contributed by atoms with E-state index < -0.39 is 0 Å². The number of hydrogen-bond acceptors (Lipinski definition) is 2. The molecular weight excluding hydrogens is 276 g/mol. The zero-order valence-electron chi connectivity index (χ0n) is 10.3. The second-order valence-electron chi connectivity index (χ2n) is 5.05. The van der Waals surface area contributed by atoms with E-state index in [1.807, 2.05) is 12.1 Å². The molecule has 1 saturated heterocycles. The Kier molecular flexibility index (Phi) is 3.73. The van der Waals surface area contributed by atoms with E-state index >= 15 is 0 Å². The second-order valence-corrected chi connectivity index (χ2v) is 5.96. The lowest BCUT2D eigenvalue weighted by Crippen LogP contribution is -2.21. The van der Waals surface area contributed by atoms with Crippen LogP contribution in [0, 0.1) is 23.2 Å². The molecular formula is C14H17BrN2. The summed E-state index contributed by atoms with van der Waals surface area (Å²) in [6.07, 6.45) is 1.26. The number of halogens is 1. The molecule has 1 unspecified atom stereocenters. The van der Waals surface area contributed by atoms with Gasteiger partial charge in [0, 0.05) is 23.2 Å². The maximum absolute atomic E-state index is 8.98. The third-order valence-electron chi connectivity index (χ3n) is 3.54. The minimum absolute atomic E-state index is 0.724. The van der Waals surface area contributed by atoms with Gasteiger partial charge in [-0.05, 0) is 36.5 Å². The fourth-order valence-corrected chi connectivity index (χ4v) is 2.87. The molecule has 1 atom stereocenters. The Labute approximate surface area is 111 Å². The van der Waals surface area contributed by atoms with Crippen LogP contribution in [-0.2, 0) is 0 Å². The lowest BCUT2D eigenvalue weighted by atomic mass is 9.95. The van der Waals surface area contributed by atoms with Crippen molar-refractivity contribution in [3.05, 3.63) is 28.2 Å². The molecule has 3 heteroatoms. The average molecular weight is 293 g/mol.